The minimum Gasteiger partial charge on any atom is -0.444 e. The summed E-state index contributed by atoms with van der Waals surface area (Å²) in [5.41, 5.74) is -0.553. The normalized spacial score (nSPS) is 13.4. The number of carbonyl (C=O) groups excluding carboxylic acids is 2. The van der Waals surface area contributed by atoms with Crippen molar-refractivity contribution < 1.29 is 14.3 Å². The molecule has 0 fully saturated rings. The summed E-state index contributed by atoms with van der Waals surface area (Å²) in [4.78, 5) is 23.0. The number of alkyl carbamates (subject to hydrolysis) is 1. The first-order valence-electron chi connectivity index (χ1n) is 5.25. The Balaban J connectivity index is 4.42. The maximum absolute atomic E-state index is 11.5. The summed E-state index contributed by atoms with van der Waals surface area (Å²) < 4.78 is 5.10. The van der Waals surface area contributed by atoms with Crippen molar-refractivity contribution in [3.8, 4) is 0 Å². The quantitative estimate of drug-likeness (QED) is 0.810. The summed E-state index contributed by atoms with van der Waals surface area (Å²) in [6.07, 6.45) is -0.555. The largest absolute Gasteiger partial charge is 0.444 e. The zero-order valence-corrected chi connectivity index (χ0v) is 12.1. The van der Waals surface area contributed by atoms with Crippen LogP contribution in [0.1, 0.15) is 34.6 Å². The minimum absolute atomic E-state index is 0.0394. The highest BCUT2D eigenvalue weighted by atomic mass is 79.9. The highest BCUT2D eigenvalue weighted by molar-refractivity contribution is 9.09. The van der Waals surface area contributed by atoms with Crippen LogP contribution in [0.3, 0.4) is 0 Å². The lowest BCUT2D eigenvalue weighted by atomic mass is 10.0. The Kier molecular flexibility index (Phi) is 6.00. The molecule has 0 heterocycles. The molecule has 0 aliphatic heterocycles. The van der Waals surface area contributed by atoms with Crippen LogP contribution in [0.5, 0.6) is 0 Å². The Labute approximate surface area is 105 Å². The van der Waals surface area contributed by atoms with Gasteiger partial charge in [0.15, 0.2) is 5.78 Å². The monoisotopic (exact) mass is 293 g/mol. The molecular weight excluding hydrogens is 274 g/mol. The summed E-state index contributed by atoms with van der Waals surface area (Å²) in [5, 5.41) is 2.81. The first-order chi connectivity index (χ1) is 7.17. The zero-order chi connectivity index (χ0) is 12.9. The van der Waals surface area contributed by atoms with Gasteiger partial charge in [-0.25, -0.2) is 4.79 Å². The van der Waals surface area contributed by atoms with Gasteiger partial charge in [0.25, 0.3) is 0 Å². The van der Waals surface area contributed by atoms with E-state index in [-0.39, 0.29) is 17.0 Å². The molecule has 1 atom stereocenters. The molecule has 0 aromatic carbocycles. The number of halogens is 1. The Morgan fingerprint density at radius 3 is 2.12 bits per heavy atom. The number of alkyl halides is 1. The number of amides is 1. The van der Waals surface area contributed by atoms with E-state index in [0.717, 1.165) is 0 Å². The fourth-order valence-corrected chi connectivity index (χ4v) is 1.49. The second-order valence-corrected chi connectivity index (χ2v) is 5.53. The molecule has 1 N–H and O–H groups in total. The van der Waals surface area contributed by atoms with Crippen LogP contribution >= 0.6 is 15.9 Å². The van der Waals surface area contributed by atoms with Gasteiger partial charge in [-0.3, -0.25) is 4.79 Å². The Hall–Kier alpha value is -0.580. The second kappa shape index (κ2) is 6.23. The van der Waals surface area contributed by atoms with E-state index in [1.807, 2.05) is 13.8 Å². The van der Waals surface area contributed by atoms with E-state index in [0.29, 0.717) is 0 Å². The third kappa shape index (κ3) is 6.10. The van der Waals surface area contributed by atoms with E-state index in [4.69, 9.17) is 4.74 Å². The summed E-state index contributed by atoms with van der Waals surface area (Å²) in [7, 11) is 0. The lowest BCUT2D eigenvalue weighted by Crippen LogP contribution is -2.46. The van der Waals surface area contributed by atoms with Crippen LogP contribution in [0.4, 0.5) is 4.79 Å². The minimum atomic E-state index is -0.555. The van der Waals surface area contributed by atoms with Gasteiger partial charge in [0.1, 0.15) is 5.60 Å². The van der Waals surface area contributed by atoms with Crippen molar-refractivity contribution >= 4 is 27.8 Å². The van der Waals surface area contributed by atoms with E-state index >= 15 is 0 Å². The van der Waals surface area contributed by atoms with Crippen LogP contribution in [0.2, 0.25) is 0 Å². The molecule has 0 aliphatic carbocycles. The van der Waals surface area contributed by atoms with Gasteiger partial charge in [-0.05, 0) is 26.7 Å². The van der Waals surface area contributed by atoms with Gasteiger partial charge in [-0.15, -0.1) is 0 Å². The number of hydrogen-bond acceptors (Lipinski definition) is 3. The zero-order valence-electron chi connectivity index (χ0n) is 10.5. The van der Waals surface area contributed by atoms with E-state index < -0.39 is 17.7 Å². The molecule has 0 spiro atoms. The van der Waals surface area contributed by atoms with Crippen LogP contribution in [0.25, 0.3) is 0 Å². The Bertz CT molecular complexity index is 258. The predicted molar refractivity (Wildman–Crippen MR) is 66.8 cm³/mol. The van der Waals surface area contributed by atoms with Crippen molar-refractivity contribution in [2.24, 2.45) is 5.92 Å². The molecule has 16 heavy (non-hydrogen) atoms. The van der Waals surface area contributed by atoms with Crippen LogP contribution in [0.15, 0.2) is 0 Å². The van der Waals surface area contributed by atoms with Crippen molar-refractivity contribution in [1.82, 2.24) is 5.32 Å². The number of ether oxygens (including phenoxy) is 1. The average molecular weight is 294 g/mol. The van der Waals surface area contributed by atoms with Crippen molar-refractivity contribution in [3.63, 3.8) is 0 Å². The van der Waals surface area contributed by atoms with Crippen molar-refractivity contribution in [2.75, 3.05) is 5.33 Å². The van der Waals surface area contributed by atoms with Gasteiger partial charge in [-0.2, -0.15) is 0 Å². The number of hydrogen-bond donors (Lipinski definition) is 1. The smallest absolute Gasteiger partial charge is 0.408 e. The molecule has 4 nitrogen and oxygen atoms in total. The molecule has 5 heteroatoms. The molecule has 1 unspecified atom stereocenters. The lowest BCUT2D eigenvalue weighted by molar-refractivity contribution is -0.119. The van der Waals surface area contributed by atoms with E-state index in [2.05, 4.69) is 21.2 Å². The van der Waals surface area contributed by atoms with Gasteiger partial charge < -0.3 is 10.1 Å². The molecule has 1 amide bonds. The average Bonchev–Trinajstić information content (AvgIpc) is 2.09. The fourth-order valence-electron chi connectivity index (χ4n) is 1.14. The highest BCUT2D eigenvalue weighted by Crippen LogP contribution is 2.09. The summed E-state index contributed by atoms with van der Waals surface area (Å²) >= 11 is 3.09. The van der Waals surface area contributed by atoms with Crippen molar-refractivity contribution in [2.45, 2.75) is 46.3 Å². The molecule has 0 saturated heterocycles. The molecule has 0 aromatic heterocycles. The molecule has 0 aromatic rings. The number of rotatable bonds is 4. The first kappa shape index (κ1) is 15.4. The maximum Gasteiger partial charge on any atom is 0.408 e. The summed E-state index contributed by atoms with van der Waals surface area (Å²) in [6, 6.07) is -0.505. The standard InChI is InChI=1S/C11H20BrNO3/c1-7(2)9(8(14)6-12)13-10(15)16-11(3,4)5/h7,9H,6H2,1-5H3,(H,13,15). The maximum atomic E-state index is 11.5. The molecular formula is C11H20BrNO3. The van der Waals surface area contributed by atoms with Crippen LogP contribution in [0, 0.1) is 5.92 Å². The number of nitrogens with one attached hydrogen (secondary N) is 1. The van der Waals surface area contributed by atoms with Crippen LogP contribution in [-0.4, -0.2) is 28.8 Å². The SMILES string of the molecule is CC(C)C(NC(=O)OC(C)(C)C)C(=O)CBr. The third-order valence-electron chi connectivity index (χ3n) is 1.82. The van der Waals surface area contributed by atoms with Gasteiger partial charge in [0.05, 0.1) is 11.4 Å². The summed E-state index contributed by atoms with van der Waals surface area (Å²) in [6.45, 7) is 9.10. The highest BCUT2D eigenvalue weighted by Gasteiger charge is 2.25. The fraction of sp³-hybridized carbons (Fsp3) is 0.818. The second-order valence-electron chi connectivity index (χ2n) is 4.97. The number of Topliss-reactive ketones (excluding diaryl/α,β-unsaturated/α-hetero) is 1. The lowest BCUT2D eigenvalue weighted by Gasteiger charge is -2.24. The Morgan fingerprint density at radius 2 is 1.81 bits per heavy atom. The van der Waals surface area contributed by atoms with E-state index in [1.54, 1.807) is 20.8 Å². The van der Waals surface area contributed by atoms with Gasteiger partial charge in [0.2, 0.25) is 0 Å². The number of carbonyl (C=O) groups is 2. The first-order valence-corrected chi connectivity index (χ1v) is 6.37. The van der Waals surface area contributed by atoms with Crippen molar-refractivity contribution in [1.29, 1.82) is 0 Å². The molecule has 0 radical (unpaired) electrons. The Morgan fingerprint density at radius 1 is 1.31 bits per heavy atom. The van der Waals surface area contributed by atoms with Crippen molar-refractivity contribution in [3.05, 3.63) is 0 Å². The van der Waals surface area contributed by atoms with Crippen LogP contribution in [-0.2, 0) is 9.53 Å². The van der Waals surface area contributed by atoms with Gasteiger partial charge in [-0.1, -0.05) is 29.8 Å². The molecule has 0 bridgehead atoms. The van der Waals surface area contributed by atoms with E-state index in [1.165, 1.54) is 0 Å². The summed E-state index contributed by atoms with van der Waals surface area (Å²) in [5.74, 6) is -0.0153. The topological polar surface area (TPSA) is 55.4 Å². The van der Waals surface area contributed by atoms with E-state index in [9.17, 15) is 9.59 Å². The third-order valence-corrected chi connectivity index (χ3v) is 2.37. The predicted octanol–water partition coefficient (Wildman–Crippen LogP) is 2.50. The molecule has 0 saturated carbocycles. The van der Waals surface area contributed by atoms with Crippen LogP contribution < -0.4 is 5.32 Å². The molecule has 0 aliphatic rings. The molecule has 94 valence electrons. The van der Waals surface area contributed by atoms with Gasteiger partial charge in [0, 0.05) is 0 Å². The van der Waals surface area contributed by atoms with Gasteiger partial charge >= 0.3 is 6.09 Å². The number of ketones is 1. The molecule has 0 rings (SSSR count).